The first-order chi connectivity index (χ1) is 14.8. The largest absolute Gasteiger partial charge is 0.394 e. The van der Waals surface area contributed by atoms with E-state index in [-0.39, 0.29) is 0 Å². The van der Waals surface area contributed by atoms with Crippen molar-refractivity contribution in [2.75, 3.05) is 19.8 Å². The van der Waals surface area contributed by atoms with Crippen LogP contribution in [0.3, 0.4) is 0 Å². The van der Waals surface area contributed by atoms with E-state index in [1.165, 1.54) is 0 Å². The molecule has 8 N–H and O–H groups in total. The fraction of sp³-hybridized carbons (Fsp3) is 1.00. The second-order valence-electron chi connectivity index (χ2n) is 7.93. The average molecular weight is 456 g/mol. The highest BCUT2D eigenvalue weighted by atomic mass is 16.8. The van der Waals surface area contributed by atoms with Gasteiger partial charge in [-0.25, -0.2) is 0 Å². The molecule has 0 aromatic carbocycles. The molecule has 0 aromatic rings. The van der Waals surface area contributed by atoms with Gasteiger partial charge in [-0.05, 0) is 0 Å². The van der Waals surface area contributed by atoms with Gasteiger partial charge in [-0.1, -0.05) is 0 Å². The minimum absolute atomic E-state index is 0.520. The maximum atomic E-state index is 10.8. The van der Waals surface area contributed by atoms with Crippen LogP contribution < -0.4 is 0 Å². The molecule has 180 valence electrons. The van der Waals surface area contributed by atoms with Crippen LogP contribution in [-0.4, -0.2) is 147 Å². The first-order valence-corrected chi connectivity index (χ1v) is 9.96. The predicted octanol–water partition coefficient (Wildman–Crippen LogP) is -5.89. The van der Waals surface area contributed by atoms with Gasteiger partial charge >= 0.3 is 0 Å². The topological polar surface area (TPSA) is 217 Å². The molecule has 0 aromatic heterocycles. The lowest BCUT2D eigenvalue weighted by molar-refractivity contribution is -0.401. The first-order valence-electron chi connectivity index (χ1n) is 9.96. The number of aliphatic hydroxyl groups excluding tert-OH is 8. The number of rotatable bonds is 5. The Morgan fingerprint density at radius 3 is 1.74 bits per heavy atom. The molecule has 31 heavy (non-hydrogen) atoms. The van der Waals surface area contributed by atoms with Crippen molar-refractivity contribution in [3.63, 3.8) is 0 Å². The molecule has 5 heterocycles. The molecule has 2 bridgehead atoms. The number of hydrogen-bond acceptors (Lipinski definition) is 14. The normalized spacial score (nSPS) is 55.0. The first kappa shape index (κ1) is 23.6. The van der Waals surface area contributed by atoms with E-state index in [0.29, 0.717) is 0 Å². The molecule has 5 aliphatic heterocycles. The Hall–Kier alpha value is -0.560. The molecule has 14 nitrogen and oxygen atoms in total. The van der Waals surface area contributed by atoms with Crippen LogP contribution in [-0.2, 0) is 28.4 Å². The van der Waals surface area contributed by atoms with Gasteiger partial charge in [0.15, 0.2) is 18.9 Å². The minimum atomic E-state index is -1.74. The highest BCUT2D eigenvalue weighted by Crippen LogP contribution is 2.38. The van der Waals surface area contributed by atoms with Gasteiger partial charge in [0.25, 0.3) is 0 Å². The summed E-state index contributed by atoms with van der Waals surface area (Å²) in [5.74, 6) is 0. The van der Waals surface area contributed by atoms with Crippen molar-refractivity contribution in [2.45, 2.75) is 86.0 Å². The fourth-order valence-electron chi connectivity index (χ4n) is 4.23. The summed E-state index contributed by atoms with van der Waals surface area (Å²) in [5.41, 5.74) is 0. The summed E-state index contributed by atoms with van der Waals surface area (Å²) in [4.78, 5) is 0. The maximum absolute atomic E-state index is 10.8. The average Bonchev–Trinajstić information content (AvgIpc) is 3.03. The van der Waals surface area contributed by atoms with E-state index in [2.05, 4.69) is 0 Å². The van der Waals surface area contributed by atoms with E-state index in [0.717, 1.165) is 0 Å². The molecule has 0 unspecified atom stereocenters. The molecule has 0 aliphatic carbocycles. The lowest BCUT2D eigenvalue weighted by Gasteiger charge is -2.49. The maximum Gasteiger partial charge on any atom is 0.187 e. The van der Waals surface area contributed by atoms with Crippen molar-refractivity contribution in [3.05, 3.63) is 0 Å². The van der Waals surface area contributed by atoms with Crippen molar-refractivity contribution in [2.24, 2.45) is 0 Å². The smallest absolute Gasteiger partial charge is 0.187 e. The van der Waals surface area contributed by atoms with Crippen molar-refractivity contribution in [3.8, 4) is 0 Å². The minimum Gasteiger partial charge on any atom is -0.394 e. The molecular formula is C17H28O14. The molecule has 5 fully saturated rings. The lowest BCUT2D eigenvalue weighted by Crippen LogP contribution is -2.67. The van der Waals surface area contributed by atoms with Crippen molar-refractivity contribution < 1.29 is 69.3 Å². The summed E-state index contributed by atoms with van der Waals surface area (Å²) < 4.78 is 33.4. The monoisotopic (exact) mass is 456 g/mol. The zero-order valence-corrected chi connectivity index (χ0v) is 16.2. The zero-order valence-electron chi connectivity index (χ0n) is 16.2. The van der Waals surface area contributed by atoms with Gasteiger partial charge in [-0.2, -0.15) is 0 Å². The Labute approximate surface area is 176 Å². The van der Waals surface area contributed by atoms with E-state index in [1.54, 1.807) is 0 Å². The molecule has 5 rings (SSSR count). The highest BCUT2D eigenvalue weighted by Gasteiger charge is 2.58. The van der Waals surface area contributed by atoms with E-state index >= 15 is 0 Å². The highest BCUT2D eigenvalue weighted by molar-refractivity contribution is 4.99. The number of ether oxygens (including phenoxy) is 6. The SMILES string of the molecule is OC[C@H]1O[C@H](O[C@@H]2[C@@H](O)[C@H]3O[C@H]4[C@H](O[C@H]2[C@@H](CO)O3)O[C@H](CO)[C@H]4O)[C@H](O)[C@@H](O)[C@H]1O. The van der Waals surface area contributed by atoms with Gasteiger partial charge < -0.3 is 69.3 Å². The van der Waals surface area contributed by atoms with Gasteiger partial charge in [0.2, 0.25) is 0 Å². The number of aliphatic hydroxyl groups is 8. The van der Waals surface area contributed by atoms with Crippen LogP contribution in [0.15, 0.2) is 0 Å². The molecule has 0 saturated carbocycles. The van der Waals surface area contributed by atoms with Crippen LogP contribution >= 0.6 is 0 Å². The van der Waals surface area contributed by atoms with E-state index in [4.69, 9.17) is 28.4 Å². The second-order valence-corrected chi connectivity index (χ2v) is 7.93. The quantitative estimate of drug-likeness (QED) is 0.193. The Kier molecular flexibility index (Phi) is 7.12. The van der Waals surface area contributed by atoms with Crippen LogP contribution in [0.2, 0.25) is 0 Å². The van der Waals surface area contributed by atoms with Gasteiger partial charge in [0.05, 0.1) is 19.8 Å². The van der Waals surface area contributed by atoms with Gasteiger partial charge in [0, 0.05) is 0 Å². The van der Waals surface area contributed by atoms with E-state index in [1.807, 2.05) is 0 Å². The Morgan fingerprint density at radius 1 is 0.516 bits per heavy atom. The predicted molar refractivity (Wildman–Crippen MR) is 91.9 cm³/mol. The summed E-state index contributed by atoms with van der Waals surface area (Å²) in [6.07, 6.45) is -19.0. The third kappa shape index (κ3) is 4.11. The molecule has 14 heteroatoms. The van der Waals surface area contributed by atoms with E-state index in [9.17, 15) is 40.9 Å². The molecule has 5 saturated heterocycles. The number of hydrogen-bond donors (Lipinski definition) is 8. The summed E-state index contributed by atoms with van der Waals surface area (Å²) >= 11 is 0. The van der Waals surface area contributed by atoms with Crippen molar-refractivity contribution in [1.82, 2.24) is 0 Å². The van der Waals surface area contributed by atoms with Crippen LogP contribution in [0.4, 0.5) is 0 Å². The molecular weight excluding hydrogens is 428 g/mol. The molecule has 0 amide bonds. The molecule has 5 aliphatic rings. The summed E-state index contributed by atoms with van der Waals surface area (Å²) in [7, 11) is 0. The Balaban J connectivity index is 1.57. The van der Waals surface area contributed by atoms with Crippen molar-refractivity contribution >= 4 is 0 Å². The molecule has 14 atom stereocenters. The summed E-state index contributed by atoms with van der Waals surface area (Å²) in [6, 6.07) is 0. The van der Waals surface area contributed by atoms with E-state index < -0.39 is 106 Å². The third-order valence-corrected chi connectivity index (χ3v) is 5.99. The van der Waals surface area contributed by atoms with Gasteiger partial charge in [-0.15, -0.1) is 0 Å². The van der Waals surface area contributed by atoms with Crippen LogP contribution in [0.25, 0.3) is 0 Å². The fourth-order valence-corrected chi connectivity index (χ4v) is 4.23. The zero-order chi connectivity index (χ0) is 22.4. The molecule has 0 spiro atoms. The Morgan fingerprint density at radius 2 is 1.10 bits per heavy atom. The Bertz CT molecular complexity index is 607. The standard InChI is InChI=1S/C17H28O14/c18-1-4-7(21)9(23)10(24)15(26-4)30-13-11(25)16-28-6(3-20)12(13)29-17-14(31-16)8(22)5(2-19)27-17/h4-25H,1-3H2/t4-,5-,6-,7+,8-,9+,10-,11-,12+,13-,14-,15-,16-,17+/m1/s1. The number of fused-ring (bicyclic) bond motifs is 2. The van der Waals surface area contributed by atoms with Gasteiger partial charge in [0.1, 0.15) is 67.1 Å². The van der Waals surface area contributed by atoms with Gasteiger partial charge in [-0.3, -0.25) is 0 Å². The summed E-state index contributed by atoms with van der Waals surface area (Å²) in [5, 5.41) is 79.6. The third-order valence-electron chi connectivity index (χ3n) is 5.99. The van der Waals surface area contributed by atoms with Crippen LogP contribution in [0, 0.1) is 0 Å². The molecule has 0 radical (unpaired) electrons. The van der Waals surface area contributed by atoms with Crippen molar-refractivity contribution in [1.29, 1.82) is 0 Å². The lowest BCUT2D eigenvalue weighted by atomic mass is 9.96. The van der Waals surface area contributed by atoms with Crippen LogP contribution in [0.1, 0.15) is 0 Å². The van der Waals surface area contributed by atoms with Crippen LogP contribution in [0.5, 0.6) is 0 Å². The summed E-state index contributed by atoms with van der Waals surface area (Å²) in [6.45, 7) is -1.77. The second kappa shape index (κ2) is 9.36.